The highest BCUT2D eigenvalue weighted by Gasteiger charge is 2.07. The molecule has 9 nitrogen and oxygen atoms in total. The Kier molecular flexibility index (Phi) is 6.37. The third kappa shape index (κ3) is 5.48. The Morgan fingerprint density at radius 1 is 0.781 bits per heavy atom. The predicted molar refractivity (Wildman–Crippen MR) is 125 cm³/mol. The first-order valence-corrected chi connectivity index (χ1v) is 9.76. The number of hydrogen-bond acceptors (Lipinski definition) is 9. The van der Waals surface area contributed by atoms with Gasteiger partial charge in [0.15, 0.2) is 11.5 Å². The summed E-state index contributed by atoms with van der Waals surface area (Å²) in [5, 5.41) is 20.4. The number of phenols is 1. The minimum Gasteiger partial charge on any atom is -0.504 e. The van der Waals surface area contributed by atoms with Gasteiger partial charge in [-0.25, -0.2) is 5.43 Å². The van der Waals surface area contributed by atoms with Crippen molar-refractivity contribution in [1.29, 1.82) is 0 Å². The number of anilines is 5. The van der Waals surface area contributed by atoms with E-state index >= 15 is 0 Å². The van der Waals surface area contributed by atoms with Gasteiger partial charge < -0.3 is 20.5 Å². The minimum absolute atomic E-state index is 0.0281. The number of aromatic nitrogens is 3. The summed E-state index contributed by atoms with van der Waals surface area (Å²) >= 11 is 0. The van der Waals surface area contributed by atoms with Crippen LogP contribution in [-0.2, 0) is 0 Å². The van der Waals surface area contributed by atoms with Gasteiger partial charge in [-0.1, -0.05) is 36.4 Å². The molecule has 0 atom stereocenters. The highest BCUT2D eigenvalue weighted by molar-refractivity contribution is 5.81. The Labute approximate surface area is 184 Å². The van der Waals surface area contributed by atoms with Crippen LogP contribution in [0.15, 0.2) is 84.0 Å². The topological polar surface area (TPSA) is 117 Å². The summed E-state index contributed by atoms with van der Waals surface area (Å²) < 4.78 is 5.05. The largest absolute Gasteiger partial charge is 0.504 e. The Hall–Kier alpha value is -4.66. The molecule has 4 rings (SSSR count). The zero-order valence-corrected chi connectivity index (χ0v) is 17.2. The van der Waals surface area contributed by atoms with Gasteiger partial charge in [0.1, 0.15) is 0 Å². The van der Waals surface area contributed by atoms with Crippen LogP contribution < -0.4 is 20.8 Å². The maximum atomic E-state index is 9.90. The van der Waals surface area contributed by atoms with Crippen molar-refractivity contribution in [3.63, 3.8) is 0 Å². The lowest BCUT2D eigenvalue weighted by molar-refractivity contribution is 0.373. The van der Waals surface area contributed by atoms with Crippen molar-refractivity contribution in [1.82, 2.24) is 15.0 Å². The SMILES string of the molecule is COc1ccc(C=NNc2nc(Nc3ccccc3)nc(Nc3ccccc3)n2)cc1O. The maximum Gasteiger partial charge on any atom is 0.250 e. The number of methoxy groups -OCH3 is 1. The van der Waals surface area contributed by atoms with Crippen LogP contribution in [0.1, 0.15) is 5.56 Å². The summed E-state index contributed by atoms with van der Waals surface area (Å²) in [6.07, 6.45) is 1.54. The number of ether oxygens (including phenoxy) is 1. The second-order valence-corrected chi connectivity index (χ2v) is 6.59. The molecule has 0 bridgehead atoms. The minimum atomic E-state index is 0.0281. The van der Waals surface area contributed by atoms with Crippen LogP contribution in [0.3, 0.4) is 0 Å². The molecule has 0 saturated carbocycles. The molecule has 0 aliphatic carbocycles. The van der Waals surface area contributed by atoms with Gasteiger partial charge in [0.05, 0.1) is 13.3 Å². The van der Waals surface area contributed by atoms with Gasteiger partial charge in [0.25, 0.3) is 0 Å². The van der Waals surface area contributed by atoms with Crippen LogP contribution in [-0.4, -0.2) is 33.4 Å². The molecule has 0 saturated heterocycles. The Bertz CT molecular complexity index is 1140. The normalized spacial score (nSPS) is 10.7. The highest BCUT2D eigenvalue weighted by Crippen LogP contribution is 2.25. The molecule has 0 aliphatic rings. The second-order valence-electron chi connectivity index (χ2n) is 6.59. The van der Waals surface area contributed by atoms with Gasteiger partial charge in [0, 0.05) is 11.4 Å². The number of benzene rings is 3. The Morgan fingerprint density at radius 2 is 1.34 bits per heavy atom. The van der Waals surface area contributed by atoms with Gasteiger partial charge in [-0.2, -0.15) is 20.1 Å². The molecule has 0 amide bonds. The van der Waals surface area contributed by atoms with Crippen molar-refractivity contribution < 1.29 is 9.84 Å². The van der Waals surface area contributed by atoms with Crippen LogP contribution in [0.5, 0.6) is 11.5 Å². The number of phenolic OH excluding ortho intramolecular Hbond substituents is 1. The monoisotopic (exact) mass is 427 g/mol. The van der Waals surface area contributed by atoms with E-state index in [1.54, 1.807) is 18.2 Å². The molecule has 4 aromatic rings. The predicted octanol–water partition coefficient (Wildman–Crippen LogP) is 4.52. The van der Waals surface area contributed by atoms with Crippen molar-refractivity contribution in [2.75, 3.05) is 23.2 Å². The fourth-order valence-electron chi connectivity index (χ4n) is 2.79. The standard InChI is InChI=1S/C23H21N7O2/c1-32-20-13-12-16(14-19(20)31)15-24-30-23-28-21(25-17-8-4-2-5-9-17)27-22(29-23)26-18-10-6-3-7-11-18/h2-15,31H,1H3,(H3,25,26,27,28,29,30). The summed E-state index contributed by atoms with van der Waals surface area (Å²) in [5.74, 6) is 1.36. The molecule has 9 heteroatoms. The molecular formula is C23H21N7O2. The highest BCUT2D eigenvalue weighted by atomic mass is 16.5. The van der Waals surface area contributed by atoms with E-state index in [0.29, 0.717) is 23.2 Å². The number of hydrogen-bond donors (Lipinski definition) is 4. The van der Waals surface area contributed by atoms with Gasteiger partial charge in [0.2, 0.25) is 17.8 Å². The first-order valence-electron chi connectivity index (χ1n) is 9.76. The molecule has 0 radical (unpaired) electrons. The van der Waals surface area contributed by atoms with E-state index in [1.807, 2.05) is 60.7 Å². The molecule has 0 aliphatic heterocycles. The molecule has 1 heterocycles. The summed E-state index contributed by atoms with van der Waals surface area (Å²) in [6, 6.07) is 24.1. The van der Waals surface area contributed by atoms with Gasteiger partial charge in [-0.15, -0.1) is 0 Å². The first-order chi connectivity index (χ1) is 15.7. The number of rotatable bonds is 8. The molecule has 32 heavy (non-hydrogen) atoms. The summed E-state index contributed by atoms with van der Waals surface area (Å²) in [4.78, 5) is 13.2. The molecule has 0 fully saturated rings. The number of nitrogens with zero attached hydrogens (tertiary/aromatic N) is 4. The number of aromatic hydroxyl groups is 1. The number of nitrogens with one attached hydrogen (secondary N) is 3. The van der Waals surface area contributed by atoms with E-state index in [4.69, 9.17) is 4.74 Å². The van der Waals surface area contributed by atoms with Gasteiger partial charge in [-0.3, -0.25) is 0 Å². The lowest BCUT2D eigenvalue weighted by Gasteiger charge is -2.10. The van der Waals surface area contributed by atoms with Crippen molar-refractivity contribution in [2.45, 2.75) is 0 Å². The summed E-state index contributed by atoms with van der Waals surface area (Å²) in [6.45, 7) is 0. The third-order valence-corrected chi connectivity index (χ3v) is 4.28. The van der Waals surface area contributed by atoms with Gasteiger partial charge >= 0.3 is 0 Å². The van der Waals surface area contributed by atoms with E-state index in [0.717, 1.165) is 11.4 Å². The fraction of sp³-hybridized carbons (Fsp3) is 0.0435. The lowest BCUT2D eigenvalue weighted by atomic mass is 10.2. The average Bonchev–Trinajstić information content (AvgIpc) is 2.80. The maximum absolute atomic E-state index is 9.90. The van der Waals surface area contributed by atoms with Crippen LogP contribution >= 0.6 is 0 Å². The third-order valence-electron chi connectivity index (χ3n) is 4.28. The van der Waals surface area contributed by atoms with Crippen molar-refractivity contribution in [2.24, 2.45) is 5.10 Å². The molecule has 0 spiro atoms. The number of para-hydroxylation sites is 2. The van der Waals surface area contributed by atoms with Crippen LogP contribution in [0.4, 0.5) is 29.2 Å². The Morgan fingerprint density at radius 3 is 1.88 bits per heavy atom. The van der Waals surface area contributed by atoms with E-state index < -0.39 is 0 Å². The van der Waals surface area contributed by atoms with E-state index in [1.165, 1.54) is 13.3 Å². The molecular weight excluding hydrogens is 406 g/mol. The molecule has 3 aromatic carbocycles. The summed E-state index contributed by atoms with van der Waals surface area (Å²) in [5.41, 5.74) is 5.16. The quantitative estimate of drug-likeness (QED) is 0.240. The van der Waals surface area contributed by atoms with Crippen molar-refractivity contribution >= 4 is 35.4 Å². The first kappa shape index (κ1) is 20.6. The van der Waals surface area contributed by atoms with Crippen LogP contribution in [0, 0.1) is 0 Å². The molecule has 4 N–H and O–H groups in total. The van der Waals surface area contributed by atoms with Crippen molar-refractivity contribution in [3.05, 3.63) is 84.4 Å². The second kappa shape index (κ2) is 9.90. The van der Waals surface area contributed by atoms with Crippen LogP contribution in [0.25, 0.3) is 0 Å². The Balaban J connectivity index is 1.56. The lowest BCUT2D eigenvalue weighted by Crippen LogP contribution is -2.07. The zero-order chi connectivity index (χ0) is 22.2. The van der Waals surface area contributed by atoms with E-state index in [9.17, 15) is 5.11 Å². The van der Waals surface area contributed by atoms with E-state index in [-0.39, 0.29) is 11.7 Å². The zero-order valence-electron chi connectivity index (χ0n) is 17.2. The van der Waals surface area contributed by atoms with E-state index in [2.05, 4.69) is 36.1 Å². The van der Waals surface area contributed by atoms with Crippen molar-refractivity contribution in [3.8, 4) is 11.5 Å². The molecule has 160 valence electrons. The number of hydrazone groups is 1. The summed E-state index contributed by atoms with van der Waals surface area (Å²) in [7, 11) is 1.49. The van der Waals surface area contributed by atoms with Crippen LogP contribution in [0.2, 0.25) is 0 Å². The average molecular weight is 427 g/mol. The smallest absolute Gasteiger partial charge is 0.250 e. The molecule has 0 unspecified atom stereocenters. The molecule has 1 aromatic heterocycles. The fourth-order valence-corrected chi connectivity index (χ4v) is 2.79. The van der Waals surface area contributed by atoms with Gasteiger partial charge in [-0.05, 0) is 48.0 Å².